The first kappa shape index (κ1) is 30.7. The van der Waals surface area contributed by atoms with Crippen molar-refractivity contribution in [2.75, 3.05) is 20.2 Å². The predicted molar refractivity (Wildman–Crippen MR) is 152 cm³/mol. The average Bonchev–Trinajstić information content (AvgIpc) is 3.73. The molecule has 214 valence electrons. The van der Waals surface area contributed by atoms with Gasteiger partial charge in [-0.1, -0.05) is 43.8 Å². The van der Waals surface area contributed by atoms with Crippen LogP contribution in [0, 0.1) is 5.41 Å². The molecular weight excluding hydrogens is 501 g/mol. The van der Waals surface area contributed by atoms with Crippen molar-refractivity contribution >= 4 is 11.9 Å². The molecule has 0 spiro atoms. The molecule has 2 N–H and O–H groups in total. The van der Waals surface area contributed by atoms with Crippen molar-refractivity contribution in [3.8, 4) is 0 Å². The van der Waals surface area contributed by atoms with Crippen molar-refractivity contribution in [3.05, 3.63) is 77.2 Å². The number of hydrogen-bond acceptors (Lipinski definition) is 4. The Bertz CT molecular complexity index is 1070. The maximum Gasteiger partial charge on any atom is 0.389 e. The second-order valence-electron chi connectivity index (χ2n) is 11.3. The summed E-state index contributed by atoms with van der Waals surface area (Å²) in [6.45, 7) is 8.41. The molecule has 2 atom stereocenters. The second-order valence-corrected chi connectivity index (χ2v) is 11.3. The number of allylic oxidation sites excluding steroid dienone is 4. The Hall–Kier alpha value is -2.80. The van der Waals surface area contributed by atoms with E-state index < -0.39 is 12.6 Å². The standard InChI is InChI=1S/C32H43F3N2O2/c1-23(2)37-21-27(22-38)30(26-12-10-25(11-13-26)24-8-9-24)19-28(36-4)14-17-31(3)15-5-7-29(20-31)39-18-6-16-32(33,34)35/h5,7,10-13,20,22,24,28,36-37H,1,6,8-9,14-19,21H2,2-4H3/b30-27+. The van der Waals surface area contributed by atoms with Crippen LogP contribution in [0.3, 0.4) is 0 Å². The van der Waals surface area contributed by atoms with Gasteiger partial charge in [-0.2, -0.15) is 13.2 Å². The number of benzene rings is 1. The van der Waals surface area contributed by atoms with Gasteiger partial charge in [-0.05, 0) is 99.1 Å². The van der Waals surface area contributed by atoms with Crippen molar-refractivity contribution in [2.24, 2.45) is 5.41 Å². The zero-order valence-corrected chi connectivity index (χ0v) is 23.5. The summed E-state index contributed by atoms with van der Waals surface area (Å²) in [5.41, 5.74) is 4.82. The monoisotopic (exact) mass is 544 g/mol. The topological polar surface area (TPSA) is 50.4 Å². The van der Waals surface area contributed by atoms with Crippen LogP contribution in [-0.2, 0) is 9.53 Å². The largest absolute Gasteiger partial charge is 0.494 e. The summed E-state index contributed by atoms with van der Waals surface area (Å²) in [4.78, 5) is 12.2. The molecule has 0 heterocycles. The van der Waals surface area contributed by atoms with Crippen LogP contribution in [0.1, 0.15) is 82.3 Å². The van der Waals surface area contributed by atoms with Crippen LogP contribution < -0.4 is 10.6 Å². The van der Waals surface area contributed by atoms with Crippen LogP contribution in [0.2, 0.25) is 0 Å². The van der Waals surface area contributed by atoms with Crippen LogP contribution in [-0.4, -0.2) is 38.7 Å². The Kier molecular flexibility index (Phi) is 11.0. The maximum absolute atomic E-state index is 12.4. The molecule has 0 aliphatic heterocycles. The van der Waals surface area contributed by atoms with Gasteiger partial charge in [-0.25, -0.2) is 0 Å². The van der Waals surface area contributed by atoms with Crippen LogP contribution in [0.25, 0.3) is 5.57 Å². The number of aldehydes is 1. The van der Waals surface area contributed by atoms with E-state index in [2.05, 4.69) is 48.4 Å². The summed E-state index contributed by atoms with van der Waals surface area (Å²) in [5, 5.41) is 6.65. The van der Waals surface area contributed by atoms with E-state index in [1.54, 1.807) is 0 Å². The van der Waals surface area contributed by atoms with E-state index >= 15 is 0 Å². The lowest BCUT2D eigenvalue weighted by Gasteiger charge is -2.31. The molecule has 0 aromatic heterocycles. The summed E-state index contributed by atoms with van der Waals surface area (Å²) in [6, 6.07) is 8.78. The van der Waals surface area contributed by atoms with E-state index in [4.69, 9.17) is 4.74 Å². The molecule has 1 saturated carbocycles. The number of nitrogens with one attached hydrogen (secondary N) is 2. The summed E-state index contributed by atoms with van der Waals surface area (Å²) in [6.07, 6.45) is 7.59. The smallest absolute Gasteiger partial charge is 0.389 e. The van der Waals surface area contributed by atoms with Crippen molar-refractivity contribution in [3.63, 3.8) is 0 Å². The lowest BCUT2D eigenvalue weighted by atomic mass is 9.77. The van der Waals surface area contributed by atoms with Crippen LogP contribution in [0.5, 0.6) is 0 Å². The fourth-order valence-electron chi connectivity index (χ4n) is 4.99. The van der Waals surface area contributed by atoms with Gasteiger partial charge in [0.15, 0.2) is 0 Å². The van der Waals surface area contributed by atoms with Gasteiger partial charge in [-0.15, -0.1) is 0 Å². The third kappa shape index (κ3) is 10.4. The number of rotatable bonds is 16. The van der Waals surface area contributed by atoms with Gasteiger partial charge in [0.1, 0.15) is 12.0 Å². The van der Waals surface area contributed by atoms with Gasteiger partial charge in [0.25, 0.3) is 0 Å². The number of ether oxygens (including phenoxy) is 1. The first-order valence-electron chi connectivity index (χ1n) is 13.9. The third-order valence-corrected chi connectivity index (χ3v) is 7.57. The minimum absolute atomic E-state index is 0.0469. The summed E-state index contributed by atoms with van der Waals surface area (Å²) in [5.74, 6) is 1.31. The van der Waals surface area contributed by atoms with Crippen LogP contribution in [0.4, 0.5) is 13.2 Å². The molecule has 0 bridgehead atoms. The quantitative estimate of drug-likeness (QED) is 0.128. The number of hydrogen-bond donors (Lipinski definition) is 2. The lowest BCUT2D eigenvalue weighted by molar-refractivity contribution is -0.137. The SMILES string of the molecule is C=C(C)NC/C(C=O)=C(/CC(CCC1(C)C=C(OCCCC(F)(F)F)C=CC1)NC)c1ccc(C2CC2)cc1. The molecule has 1 fully saturated rings. The second kappa shape index (κ2) is 14.0. The molecule has 3 rings (SSSR count). The Morgan fingerprint density at radius 3 is 2.56 bits per heavy atom. The van der Waals surface area contributed by atoms with E-state index in [1.165, 1.54) is 18.4 Å². The molecule has 1 aromatic rings. The van der Waals surface area contributed by atoms with E-state index in [0.717, 1.165) is 48.0 Å². The van der Waals surface area contributed by atoms with E-state index in [0.29, 0.717) is 24.6 Å². The molecule has 2 aliphatic rings. The number of carbonyl (C=O) groups excluding carboxylic acids is 1. The maximum atomic E-state index is 12.4. The highest BCUT2D eigenvalue weighted by atomic mass is 19.4. The zero-order chi connectivity index (χ0) is 28.5. The van der Waals surface area contributed by atoms with Crippen LogP contribution in [0.15, 0.2) is 66.1 Å². The molecule has 2 aliphatic carbocycles. The molecule has 0 saturated heterocycles. The first-order chi connectivity index (χ1) is 18.5. The fourth-order valence-corrected chi connectivity index (χ4v) is 4.99. The molecule has 2 unspecified atom stereocenters. The Morgan fingerprint density at radius 2 is 1.97 bits per heavy atom. The minimum Gasteiger partial charge on any atom is -0.494 e. The van der Waals surface area contributed by atoms with Gasteiger partial charge in [0.05, 0.1) is 6.61 Å². The van der Waals surface area contributed by atoms with E-state index in [1.807, 2.05) is 32.2 Å². The molecule has 0 radical (unpaired) electrons. The van der Waals surface area contributed by atoms with Gasteiger partial charge >= 0.3 is 6.18 Å². The van der Waals surface area contributed by atoms with Gasteiger partial charge < -0.3 is 15.4 Å². The predicted octanol–water partition coefficient (Wildman–Crippen LogP) is 7.61. The highest BCUT2D eigenvalue weighted by Crippen LogP contribution is 2.41. The van der Waals surface area contributed by atoms with Crippen molar-refractivity contribution in [1.29, 1.82) is 0 Å². The van der Waals surface area contributed by atoms with Gasteiger partial charge in [-0.3, -0.25) is 4.79 Å². The normalized spacial score (nSPS) is 20.6. The zero-order valence-electron chi connectivity index (χ0n) is 23.5. The molecule has 1 aromatic carbocycles. The van der Waals surface area contributed by atoms with Crippen molar-refractivity contribution in [1.82, 2.24) is 10.6 Å². The molecular formula is C32H43F3N2O2. The van der Waals surface area contributed by atoms with Crippen LogP contribution >= 0.6 is 0 Å². The summed E-state index contributed by atoms with van der Waals surface area (Å²) in [7, 11) is 1.94. The van der Waals surface area contributed by atoms with Gasteiger partial charge in [0.2, 0.25) is 0 Å². The highest BCUT2D eigenvalue weighted by molar-refractivity contribution is 5.89. The molecule has 7 heteroatoms. The number of carbonyl (C=O) groups is 1. The number of halogens is 3. The van der Waals surface area contributed by atoms with Crippen molar-refractivity contribution in [2.45, 2.75) is 83.4 Å². The first-order valence-corrected chi connectivity index (χ1v) is 13.9. The summed E-state index contributed by atoms with van der Waals surface area (Å²) < 4.78 is 43.0. The highest BCUT2D eigenvalue weighted by Gasteiger charge is 2.28. The number of alkyl halides is 3. The third-order valence-electron chi connectivity index (χ3n) is 7.57. The minimum atomic E-state index is -4.16. The fraction of sp³-hybridized carbons (Fsp3) is 0.531. The Balaban J connectivity index is 1.69. The molecule has 4 nitrogen and oxygen atoms in total. The Morgan fingerprint density at radius 1 is 1.26 bits per heavy atom. The Labute approximate surface area is 231 Å². The van der Waals surface area contributed by atoms with E-state index in [9.17, 15) is 18.0 Å². The lowest BCUT2D eigenvalue weighted by Crippen LogP contribution is -2.29. The van der Waals surface area contributed by atoms with Gasteiger partial charge in [0, 0.05) is 30.3 Å². The average molecular weight is 545 g/mol. The summed E-state index contributed by atoms with van der Waals surface area (Å²) >= 11 is 0. The molecule has 39 heavy (non-hydrogen) atoms. The molecule has 0 amide bonds. The van der Waals surface area contributed by atoms with Crippen molar-refractivity contribution < 1.29 is 22.7 Å². The van der Waals surface area contributed by atoms with E-state index in [-0.39, 0.29) is 24.5 Å².